The molecule has 27 heavy (non-hydrogen) atoms. The first kappa shape index (κ1) is 18.7. The second kappa shape index (κ2) is 7.25. The lowest BCUT2D eigenvalue weighted by atomic mass is 10.00. The predicted octanol–water partition coefficient (Wildman–Crippen LogP) is 4.11. The number of nitrogens with zero attached hydrogens (tertiary/aromatic N) is 3. The fraction of sp³-hybridized carbons (Fsp3) is 0.111. The summed E-state index contributed by atoms with van der Waals surface area (Å²) in [5.41, 5.74) is -0.666. The second-order valence-electron chi connectivity index (χ2n) is 5.42. The molecule has 0 saturated heterocycles. The molecule has 3 aromatic rings. The molecule has 9 heteroatoms. The van der Waals surface area contributed by atoms with E-state index in [1.54, 1.807) is 18.4 Å². The summed E-state index contributed by atoms with van der Waals surface area (Å²) in [4.78, 5) is 23.0. The molecule has 0 aliphatic heterocycles. The third-order valence-corrected chi connectivity index (χ3v) is 4.29. The number of aromatic nitrogens is 3. The van der Waals surface area contributed by atoms with Crippen molar-refractivity contribution in [1.29, 1.82) is 5.26 Å². The van der Waals surface area contributed by atoms with Crippen molar-refractivity contribution in [2.75, 3.05) is 6.26 Å². The molecule has 0 fully saturated rings. The predicted molar refractivity (Wildman–Crippen MR) is 95.0 cm³/mol. The minimum absolute atomic E-state index is 0.149. The topological polar surface area (TPSA) is 82.4 Å². The standard InChI is InChI=1S/C18H11F3N4OS/c1-27-17-23-6-5-14(24-17)13-8-11(9-22)16(26)25-15(13)10-3-2-4-12(7-10)18(19,20)21/h2-8H,1H3,(H,25,26). The van der Waals surface area contributed by atoms with Gasteiger partial charge in [-0.3, -0.25) is 4.79 Å². The number of alkyl halides is 3. The van der Waals surface area contributed by atoms with Gasteiger partial charge in [-0.1, -0.05) is 23.9 Å². The van der Waals surface area contributed by atoms with Crippen LogP contribution in [0.4, 0.5) is 13.2 Å². The first-order valence-electron chi connectivity index (χ1n) is 7.56. The third-order valence-electron chi connectivity index (χ3n) is 3.73. The van der Waals surface area contributed by atoms with Crippen LogP contribution in [0.2, 0.25) is 0 Å². The molecule has 3 rings (SSSR count). The zero-order valence-electron chi connectivity index (χ0n) is 13.8. The van der Waals surface area contributed by atoms with Gasteiger partial charge in [-0.15, -0.1) is 0 Å². The van der Waals surface area contributed by atoms with Crippen molar-refractivity contribution < 1.29 is 13.2 Å². The van der Waals surface area contributed by atoms with Gasteiger partial charge in [-0.2, -0.15) is 18.4 Å². The number of thioether (sulfide) groups is 1. The Morgan fingerprint density at radius 1 is 1.22 bits per heavy atom. The summed E-state index contributed by atoms with van der Waals surface area (Å²) in [6.45, 7) is 0. The first-order valence-corrected chi connectivity index (χ1v) is 8.78. The van der Waals surface area contributed by atoms with E-state index in [1.165, 1.54) is 36.2 Å². The SMILES string of the molecule is CSc1nccc(-c2cc(C#N)c(=O)[nH]c2-c2cccc(C(F)(F)F)c2)n1. The number of aromatic amines is 1. The van der Waals surface area contributed by atoms with Crippen molar-refractivity contribution >= 4 is 11.8 Å². The molecule has 0 aliphatic carbocycles. The number of rotatable bonds is 3. The van der Waals surface area contributed by atoms with Gasteiger partial charge >= 0.3 is 6.18 Å². The number of H-pyrrole nitrogens is 1. The number of benzene rings is 1. The summed E-state index contributed by atoms with van der Waals surface area (Å²) in [5.74, 6) is 0. The fourth-order valence-electron chi connectivity index (χ4n) is 2.48. The molecule has 0 radical (unpaired) electrons. The van der Waals surface area contributed by atoms with Gasteiger partial charge in [0.05, 0.1) is 17.0 Å². The van der Waals surface area contributed by atoms with Crippen LogP contribution in [0.3, 0.4) is 0 Å². The van der Waals surface area contributed by atoms with Crippen LogP contribution in [0.5, 0.6) is 0 Å². The minimum atomic E-state index is -4.52. The van der Waals surface area contributed by atoms with E-state index in [0.29, 0.717) is 16.4 Å². The Kier molecular flexibility index (Phi) is 5.01. The Labute approximate surface area is 155 Å². The fourth-order valence-corrected chi connectivity index (χ4v) is 2.84. The maximum atomic E-state index is 13.1. The third kappa shape index (κ3) is 3.85. The van der Waals surface area contributed by atoms with Crippen LogP contribution in [-0.2, 0) is 6.18 Å². The van der Waals surface area contributed by atoms with E-state index in [2.05, 4.69) is 15.0 Å². The molecule has 2 heterocycles. The van der Waals surface area contributed by atoms with Crippen LogP contribution in [0, 0.1) is 11.3 Å². The Bertz CT molecular complexity index is 1100. The number of nitrogens with one attached hydrogen (secondary N) is 1. The highest BCUT2D eigenvalue weighted by molar-refractivity contribution is 7.98. The van der Waals surface area contributed by atoms with Gasteiger partial charge in [0.15, 0.2) is 5.16 Å². The van der Waals surface area contributed by atoms with Crippen molar-refractivity contribution in [3.05, 3.63) is 64.1 Å². The molecule has 136 valence electrons. The van der Waals surface area contributed by atoms with Crippen molar-refractivity contribution in [2.45, 2.75) is 11.3 Å². The van der Waals surface area contributed by atoms with Crippen molar-refractivity contribution in [3.8, 4) is 28.6 Å². The molecule has 1 N–H and O–H groups in total. The molecule has 0 bridgehead atoms. The van der Waals surface area contributed by atoms with E-state index in [1.807, 2.05) is 0 Å². The van der Waals surface area contributed by atoms with E-state index >= 15 is 0 Å². The van der Waals surface area contributed by atoms with Crippen LogP contribution in [-0.4, -0.2) is 21.2 Å². The molecule has 2 aromatic heterocycles. The van der Waals surface area contributed by atoms with Crippen LogP contribution >= 0.6 is 11.8 Å². The second-order valence-corrected chi connectivity index (χ2v) is 6.19. The van der Waals surface area contributed by atoms with Gasteiger partial charge in [0.2, 0.25) is 0 Å². The molecule has 1 aromatic carbocycles. The molecule has 0 saturated carbocycles. The van der Waals surface area contributed by atoms with E-state index < -0.39 is 17.3 Å². The zero-order valence-corrected chi connectivity index (χ0v) is 14.6. The van der Waals surface area contributed by atoms with Crippen LogP contribution in [0.1, 0.15) is 11.1 Å². The largest absolute Gasteiger partial charge is 0.416 e. The molecule has 0 aliphatic rings. The van der Waals surface area contributed by atoms with Gasteiger partial charge < -0.3 is 4.98 Å². The first-order chi connectivity index (χ1) is 12.8. The molecule has 0 atom stereocenters. The molecule has 0 spiro atoms. The number of nitriles is 1. The van der Waals surface area contributed by atoms with Crippen LogP contribution < -0.4 is 5.56 Å². The Hall–Kier alpha value is -3.12. The average Bonchev–Trinajstić information content (AvgIpc) is 2.67. The normalized spacial score (nSPS) is 11.2. The van der Waals surface area contributed by atoms with Gasteiger partial charge in [0.1, 0.15) is 11.6 Å². The summed E-state index contributed by atoms with van der Waals surface area (Å²) >= 11 is 1.29. The van der Waals surface area contributed by atoms with Crippen molar-refractivity contribution in [1.82, 2.24) is 15.0 Å². The van der Waals surface area contributed by atoms with E-state index in [0.717, 1.165) is 12.1 Å². The van der Waals surface area contributed by atoms with Gasteiger partial charge in [0.25, 0.3) is 5.56 Å². The van der Waals surface area contributed by atoms with E-state index in [9.17, 15) is 18.0 Å². The summed E-state index contributed by atoms with van der Waals surface area (Å²) in [5, 5.41) is 9.60. The Morgan fingerprint density at radius 2 is 2.00 bits per heavy atom. The lowest BCUT2D eigenvalue weighted by Crippen LogP contribution is -2.13. The lowest BCUT2D eigenvalue weighted by molar-refractivity contribution is -0.137. The maximum Gasteiger partial charge on any atom is 0.416 e. The summed E-state index contributed by atoms with van der Waals surface area (Å²) in [7, 11) is 0. The number of halogens is 3. The quantitative estimate of drug-likeness (QED) is 0.539. The van der Waals surface area contributed by atoms with E-state index in [4.69, 9.17) is 5.26 Å². The highest BCUT2D eigenvalue weighted by Crippen LogP contribution is 2.34. The highest BCUT2D eigenvalue weighted by atomic mass is 32.2. The summed E-state index contributed by atoms with van der Waals surface area (Å²) in [6, 6.07) is 9.25. The molecule has 0 amide bonds. The molecule has 5 nitrogen and oxygen atoms in total. The van der Waals surface area contributed by atoms with Gasteiger partial charge in [-0.25, -0.2) is 9.97 Å². The van der Waals surface area contributed by atoms with Crippen molar-refractivity contribution in [3.63, 3.8) is 0 Å². The van der Waals surface area contributed by atoms with E-state index in [-0.39, 0.29) is 16.8 Å². The Balaban J connectivity index is 2.28. The van der Waals surface area contributed by atoms with Gasteiger partial charge in [0, 0.05) is 11.8 Å². The molecular formula is C18H11F3N4OS. The molecule has 0 unspecified atom stereocenters. The van der Waals surface area contributed by atoms with Crippen LogP contribution in [0.15, 0.2) is 52.5 Å². The van der Waals surface area contributed by atoms with Crippen molar-refractivity contribution in [2.24, 2.45) is 0 Å². The number of hydrogen-bond donors (Lipinski definition) is 1. The number of hydrogen-bond acceptors (Lipinski definition) is 5. The summed E-state index contributed by atoms with van der Waals surface area (Å²) < 4.78 is 39.2. The summed E-state index contributed by atoms with van der Waals surface area (Å²) in [6.07, 6.45) is -1.24. The zero-order chi connectivity index (χ0) is 19.6. The average molecular weight is 388 g/mol. The lowest BCUT2D eigenvalue weighted by Gasteiger charge is -2.12. The van der Waals surface area contributed by atoms with Gasteiger partial charge in [-0.05, 0) is 36.1 Å². The minimum Gasteiger partial charge on any atom is -0.320 e. The monoisotopic (exact) mass is 388 g/mol. The molecular weight excluding hydrogens is 377 g/mol. The number of pyridine rings is 1. The Morgan fingerprint density at radius 3 is 2.67 bits per heavy atom. The maximum absolute atomic E-state index is 13.1. The highest BCUT2D eigenvalue weighted by Gasteiger charge is 2.30. The smallest absolute Gasteiger partial charge is 0.320 e. The van der Waals surface area contributed by atoms with Crippen LogP contribution in [0.25, 0.3) is 22.5 Å².